The Hall–Kier alpha value is -3.46. The molecule has 4 N–H and O–H groups in total. The molecule has 1 aliphatic heterocycles. The highest BCUT2D eigenvalue weighted by Gasteiger charge is 2.45. The first-order chi connectivity index (χ1) is 16.7. The van der Waals surface area contributed by atoms with E-state index in [0.717, 1.165) is 43.6 Å². The second kappa shape index (κ2) is 10.0. The van der Waals surface area contributed by atoms with E-state index in [2.05, 4.69) is 57.0 Å². The molecule has 2 aromatic rings. The Bertz CT molecular complexity index is 1130. The summed E-state index contributed by atoms with van der Waals surface area (Å²) in [6.45, 7) is 11.9. The maximum absolute atomic E-state index is 14.7. The Labute approximate surface area is 206 Å². The number of rotatable bonds is 7. The molecule has 1 aromatic carbocycles. The third-order valence-electron chi connectivity index (χ3n) is 7.13. The summed E-state index contributed by atoms with van der Waals surface area (Å²) >= 11 is 0. The molecule has 1 aromatic heterocycles. The Kier molecular flexibility index (Phi) is 7.07. The van der Waals surface area contributed by atoms with Crippen LogP contribution in [-0.2, 0) is 4.79 Å². The molecule has 8 nitrogen and oxygen atoms in total. The summed E-state index contributed by atoms with van der Waals surface area (Å²) in [5.41, 5.74) is 7.86. The zero-order valence-corrected chi connectivity index (χ0v) is 20.6. The second-order valence-electron chi connectivity index (χ2n) is 9.53. The number of carbonyl (C=O) groups is 1. The molecule has 0 saturated carbocycles. The third kappa shape index (κ3) is 5.00. The lowest BCUT2D eigenvalue weighted by atomic mass is 9.68. The van der Waals surface area contributed by atoms with Gasteiger partial charge in [0, 0.05) is 37.6 Å². The van der Waals surface area contributed by atoms with Crippen molar-refractivity contribution in [3.05, 3.63) is 60.6 Å². The number of primary amides is 1. The Morgan fingerprint density at radius 2 is 2.06 bits per heavy atom. The highest BCUT2D eigenvalue weighted by molar-refractivity contribution is 5.85. The maximum atomic E-state index is 14.7. The van der Waals surface area contributed by atoms with Crippen molar-refractivity contribution in [2.24, 2.45) is 17.1 Å². The largest absolute Gasteiger partial charge is 0.369 e. The van der Waals surface area contributed by atoms with E-state index in [1.54, 1.807) is 6.08 Å². The Morgan fingerprint density at radius 1 is 1.31 bits per heavy atom. The van der Waals surface area contributed by atoms with Crippen LogP contribution in [0.3, 0.4) is 0 Å². The lowest BCUT2D eigenvalue weighted by Crippen LogP contribution is -2.52. The quantitative estimate of drug-likeness (QED) is 0.523. The molecule has 1 fully saturated rings. The maximum Gasteiger partial charge on any atom is 0.229 e. The predicted molar refractivity (Wildman–Crippen MR) is 138 cm³/mol. The number of benzene rings is 1. The van der Waals surface area contributed by atoms with Crippen LogP contribution < -0.4 is 21.3 Å². The fourth-order valence-electron chi connectivity index (χ4n) is 4.95. The molecule has 1 amide bonds. The second-order valence-corrected chi connectivity index (χ2v) is 9.53. The number of likely N-dealkylation sites (N-methyl/N-ethyl adjacent to an activating group) is 1. The number of hydrogen-bond acceptors (Lipinski definition) is 7. The number of nitrogens with one attached hydrogen (secondary N) is 2. The fraction of sp³-hybridized carbons (Fsp3) is 0.423. The summed E-state index contributed by atoms with van der Waals surface area (Å²) in [5, 5.41) is 6.29. The number of aromatic nitrogens is 2. The van der Waals surface area contributed by atoms with Crippen molar-refractivity contribution < 1.29 is 9.18 Å². The normalized spacial score (nSPS) is 24.7. The van der Waals surface area contributed by atoms with Gasteiger partial charge in [0.05, 0.1) is 17.7 Å². The topological polar surface area (TPSA) is 99.4 Å². The number of anilines is 4. The zero-order valence-electron chi connectivity index (χ0n) is 20.6. The molecule has 35 heavy (non-hydrogen) atoms. The van der Waals surface area contributed by atoms with Crippen molar-refractivity contribution in [3.8, 4) is 0 Å². The van der Waals surface area contributed by atoms with Gasteiger partial charge in [-0.25, -0.2) is 9.37 Å². The van der Waals surface area contributed by atoms with Crippen LogP contribution in [0.5, 0.6) is 0 Å². The number of carbonyl (C=O) groups excluding carboxylic acids is 1. The smallest absolute Gasteiger partial charge is 0.229 e. The number of aryl methyl sites for hydroxylation is 1. The van der Waals surface area contributed by atoms with E-state index in [-0.39, 0.29) is 17.7 Å². The van der Waals surface area contributed by atoms with Crippen LogP contribution >= 0.6 is 0 Å². The first-order valence-electron chi connectivity index (χ1n) is 11.9. The number of amides is 1. The summed E-state index contributed by atoms with van der Waals surface area (Å²) in [6, 6.07) is 5.61. The summed E-state index contributed by atoms with van der Waals surface area (Å²) < 4.78 is 14.7. The summed E-state index contributed by atoms with van der Waals surface area (Å²) in [5.74, 6) is -0.952. The standard InChI is InChI=1S/C26H34FN7O/c1-5-26(24(28)35)10-6-7-17(2)22(26)31-23-20(27)16-29-25(32-23)30-19-8-9-21(18(3)15-19)34-13-11-33(4)12-14-34/h5-9,15-17,22H,1,10-14H2,2-4H3,(H2,28,35)(H2,29,30,31,32)/t17-,22+,26-/m0/s1. The molecule has 0 unspecified atom stereocenters. The average Bonchev–Trinajstić information content (AvgIpc) is 2.83. The van der Waals surface area contributed by atoms with E-state index in [4.69, 9.17) is 5.73 Å². The SMILES string of the molecule is C=C[C@]1(C(N)=O)CC=C[C@H](C)[C@H]1Nc1nc(Nc2ccc(N3CCN(C)CC3)c(C)c2)ncc1F. The molecule has 0 spiro atoms. The van der Waals surface area contributed by atoms with Crippen molar-refractivity contribution in [1.82, 2.24) is 14.9 Å². The number of nitrogens with zero attached hydrogens (tertiary/aromatic N) is 4. The van der Waals surface area contributed by atoms with E-state index >= 15 is 0 Å². The lowest BCUT2D eigenvalue weighted by Gasteiger charge is -2.41. The van der Waals surface area contributed by atoms with Gasteiger partial charge in [-0.1, -0.05) is 25.2 Å². The van der Waals surface area contributed by atoms with Gasteiger partial charge in [0.15, 0.2) is 11.6 Å². The van der Waals surface area contributed by atoms with Crippen molar-refractivity contribution in [1.29, 1.82) is 0 Å². The van der Waals surface area contributed by atoms with Crippen molar-refractivity contribution >= 4 is 29.0 Å². The lowest BCUT2D eigenvalue weighted by molar-refractivity contribution is -0.126. The van der Waals surface area contributed by atoms with Crippen LogP contribution in [0.25, 0.3) is 0 Å². The minimum absolute atomic E-state index is 0.00732. The summed E-state index contributed by atoms with van der Waals surface area (Å²) in [6.07, 6.45) is 6.95. The first-order valence-corrected chi connectivity index (χ1v) is 11.9. The average molecular weight is 480 g/mol. The monoisotopic (exact) mass is 479 g/mol. The van der Waals surface area contributed by atoms with Crippen LogP contribution in [0.15, 0.2) is 49.2 Å². The molecule has 9 heteroatoms. The zero-order chi connectivity index (χ0) is 25.2. The number of allylic oxidation sites excluding steroid dienone is 1. The van der Waals surface area contributed by atoms with Crippen LogP contribution in [0.4, 0.5) is 27.5 Å². The van der Waals surface area contributed by atoms with Gasteiger partial charge in [-0.2, -0.15) is 4.98 Å². The number of piperazine rings is 1. The van der Waals surface area contributed by atoms with E-state index in [9.17, 15) is 9.18 Å². The molecule has 1 saturated heterocycles. The van der Waals surface area contributed by atoms with Gasteiger partial charge in [0.25, 0.3) is 0 Å². The molecule has 0 radical (unpaired) electrons. The molecule has 0 bridgehead atoms. The molecule has 2 heterocycles. The third-order valence-corrected chi connectivity index (χ3v) is 7.13. The summed E-state index contributed by atoms with van der Waals surface area (Å²) in [4.78, 5) is 25.6. The highest BCUT2D eigenvalue weighted by Crippen LogP contribution is 2.39. The van der Waals surface area contributed by atoms with Gasteiger partial charge in [0.1, 0.15) is 0 Å². The molecule has 4 rings (SSSR count). The first kappa shape index (κ1) is 24.7. The van der Waals surface area contributed by atoms with Gasteiger partial charge in [0.2, 0.25) is 11.9 Å². The summed E-state index contributed by atoms with van der Waals surface area (Å²) in [7, 11) is 2.14. The van der Waals surface area contributed by atoms with E-state index in [1.807, 2.05) is 31.2 Å². The fourth-order valence-corrected chi connectivity index (χ4v) is 4.95. The van der Waals surface area contributed by atoms with Gasteiger partial charge in [-0.3, -0.25) is 4.79 Å². The number of halogens is 1. The highest BCUT2D eigenvalue weighted by atomic mass is 19.1. The molecular formula is C26H34FN7O. The van der Waals surface area contributed by atoms with Crippen LogP contribution in [0, 0.1) is 24.1 Å². The van der Waals surface area contributed by atoms with Crippen molar-refractivity contribution in [3.63, 3.8) is 0 Å². The number of hydrogen-bond donors (Lipinski definition) is 3. The van der Waals surface area contributed by atoms with Gasteiger partial charge in [-0.05, 0) is 50.1 Å². The van der Waals surface area contributed by atoms with Crippen molar-refractivity contribution in [2.45, 2.75) is 26.3 Å². The van der Waals surface area contributed by atoms with Gasteiger partial charge < -0.3 is 26.2 Å². The van der Waals surface area contributed by atoms with Crippen LogP contribution in [-0.4, -0.2) is 60.0 Å². The van der Waals surface area contributed by atoms with Gasteiger partial charge >= 0.3 is 0 Å². The molecule has 2 aliphatic rings. The predicted octanol–water partition coefficient (Wildman–Crippen LogP) is 3.45. The minimum Gasteiger partial charge on any atom is -0.369 e. The molecule has 1 aliphatic carbocycles. The molecule has 186 valence electrons. The van der Waals surface area contributed by atoms with Crippen molar-refractivity contribution in [2.75, 3.05) is 48.8 Å². The minimum atomic E-state index is -1.05. The molecular weight excluding hydrogens is 445 g/mol. The van der Waals surface area contributed by atoms with Crippen LogP contribution in [0.2, 0.25) is 0 Å². The number of nitrogens with two attached hydrogens (primary N) is 1. The molecule has 3 atom stereocenters. The Morgan fingerprint density at radius 3 is 2.71 bits per heavy atom. The van der Waals surface area contributed by atoms with E-state index in [1.165, 1.54) is 5.69 Å². The van der Waals surface area contributed by atoms with E-state index < -0.39 is 23.2 Å². The van der Waals surface area contributed by atoms with Crippen LogP contribution in [0.1, 0.15) is 18.9 Å². The Balaban J connectivity index is 1.54. The van der Waals surface area contributed by atoms with E-state index in [0.29, 0.717) is 6.42 Å². The van der Waals surface area contributed by atoms with Gasteiger partial charge in [-0.15, -0.1) is 6.58 Å².